The van der Waals surface area contributed by atoms with E-state index in [1.165, 1.54) is 4.90 Å². The first kappa shape index (κ1) is 17.6. The zero-order chi connectivity index (χ0) is 15.8. The molecule has 1 rings (SSSR count). The van der Waals surface area contributed by atoms with Gasteiger partial charge in [-0.15, -0.1) is 0 Å². The first-order chi connectivity index (χ1) is 9.97. The molecule has 0 aromatic heterocycles. The monoisotopic (exact) mass is 298 g/mol. The summed E-state index contributed by atoms with van der Waals surface area (Å²) in [6.07, 6.45) is 1.36. The Bertz CT molecular complexity index is 382. The molecule has 6 heteroatoms. The lowest BCUT2D eigenvalue weighted by atomic mass is 9.94. The van der Waals surface area contributed by atoms with E-state index in [0.717, 1.165) is 6.42 Å². The number of likely N-dealkylation sites (tertiary alicyclic amines) is 1. The van der Waals surface area contributed by atoms with Gasteiger partial charge in [0.25, 0.3) is 0 Å². The highest BCUT2D eigenvalue weighted by atomic mass is 16.5. The van der Waals surface area contributed by atoms with E-state index in [-0.39, 0.29) is 48.9 Å². The molecule has 120 valence electrons. The molecule has 1 saturated heterocycles. The second kappa shape index (κ2) is 8.77. The third kappa shape index (κ3) is 5.46. The van der Waals surface area contributed by atoms with Crippen molar-refractivity contribution in [2.75, 3.05) is 26.3 Å². The van der Waals surface area contributed by atoms with Crippen molar-refractivity contribution in [3.05, 3.63) is 0 Å². The summed E-state index contributed by atoms with van der Waals surface area (Å²) in [6.45, 7) is 7.68. The maximum absolute atomic E-state index is 12.1. The Morgan fingerprint density at radius 2 is 2.10 bits per heavy atom. The van der Waals surface area contributed by atoms with Gasteiger partial charge in [0.15, 0.2) is 0 Å². The van der Waals surface area contributed by atoms with Crippen molar-refractivity contribution in [3.8, 4) is 0 Å². The fourth-order valence-corrected chi connectivity index (χ4v) is 2.28. The highest BCUT2D eigenvalue weighted by Crippen LogP contribution is 2.26. The van der Waals surface area contributed by atoms with Crippen LogP contribution < -0.4 is 5.32 Å². The lowest BCUT2D eigenvalue weighted by molar-refractivity contribution is -0.140. The van der Waals surface area contributed by atoms with Crippen LogP contribution >= 0.6 is 0 Å². The topological polar surface area (TPSA) is 75.7 Å². The van der Waals surface area contributed by atoms with E-state index in [0.29, 0.717) is 19.8 Å². The van der Waals surface area contributed by atoms with Crippen molar-refractivity contribution in [2.24, 2.45) is 11.8 Å². The van der Waals surface area contributed by atoms with Gasteiger partial charge in [-0.2, -0.15) is 0 Å². The molecule has 3 amide bonds. The van der Waals surface area contributed by atoms with Crippen LogP contribution in [0.1, 0.15) is 40.0 Å². The summed E-state index contributed by atoms with van der Waals surface area (Å²) in [4.78, 5) is 36.7. The van der Waals surface area contributed by atoms with Crippen molar-refractivity contribution < 1.29 is 19.1 Å². The van der Waals surface area contributed by atoms with Crippen LogP contribution in [0, 0.1) is 11.8 Å². The van der Waals surface area contributed by atoms with Gasteiger partial charge in [-0.1, -0.05) is 20.8 Å². The Labute approximate surface area is 126 Å². The van der Waals surface area contributed by atoms with Gasteiger partial charge in [0, 0.05) is 38.5 Å². The van der Waals surface area contributed by atoms with Crippen molar-refractivity contribution in [1.82, 2.24) is 10.2 Å². The van der Waals surface area contributed by atoms with Gasteiger partial charge >= 0.3 is 0 Å². The molecule has 1 unspecified atom stereocenters. The third-order valence-corrected chi connectivity index (χ3v) is 3.56. The largest absolute Gasteiger partial charge is 0.380 e. The average Bonchev–Trinajstić information content (AvgIpc) is 2.72. The van der Waals surface area contributed by atoms with Gasteiger partial charge in [-0.3, -0.25) is 19.3 Å². The van der Waals surface area contributed by atoms with Gasteiger partial charge in [0.05, 0.1) is 6.61 Å². The lowest BCUT2D eigenvalue weighted by Gasteiger charge is -2.16. The van der Waals surface area contributed by atoms with Gasteiger partial charge < -0.3 is 10.1 Å². The summed E-state index contributed by atoms with van der Waals surface area (Å²) in [6, 6.07) is 0. The Hall–Kier alpha value is -1.43. The van der Waals surface area contributed by atoms with Crippen molar-refractivity contribution in [2.45, 2.75) is 40.0 Å². The predicted octanol–water partition coefficient (Wildman–Crippen LogP) is 0.950. The minimum absolute atomic E-state index is 0.144. The number of ether oxygens (including phenoxy) is 1. The van der Waals surface area contributed by atoms with Crippen LogP contribution in [0.5, 0.6) is 0 Å². The molecule has 6 nitrogen and oxygen atoms in total. The smallest absolute Gasteiger partial charge is 0.233 e. The molecule has 0 aromatic carbocycles. The number of carbonyl (C=O) groups excluding carboxylic acids is 3. The minimum Gasteiger partial charge on any atom is -0.380 e. The molecule has 0 radical (unpaired) electrons. The van der Waals surface area contributed by atoms with E-state index in [4.69, 9.17) is 4.74 Å². The number of hydrogen-bond acceptors (Lipinski definition) is 4. The molecule has 1 aliphatic rings. The van der Waals surface area contributed by atoms with Crippen molar-refractivity contribution in [1.29, 1.82) is 0 Å². The molecular weight excluding hydrogens is 272 g/mol. The molecule has 1 fully saturated rings. The third-order valence-electron chi connectivity index (χ3n) is 3.56. The van der Waals surface area contributed by atoms with Crippen LogP contribution in [0.25, 0.3) is 0 Å². The number of amides is 3. The summed E-state index contributed by atoms with van der Waals surface area (Å²) in [7, 11) is 0. The molecule has 21 heavy (non-hydrogen) atoms. The Morgan fingerprint density at radius 1 is 1.38 bits per heavy atom. The molecule has 1 atom stereocenters. The summed E-state index contributed by atoms with van der Waals surface area (Å²) >= 11 is 0. The van der Waals surface area contributed by atoms with Crippen LogP contribution in [-0.4, -0.2) is 48.9 Å². The number of imide groups is 1. The number of nitrogens with zero attached hydrogens (tertiary/aromatic N) is 1. The quantitative estimate of drug-likeness (QED) is 0.508. The van der Waals surface area contributed by atoms with Crippen LogP contribution in [0.4, 0.5) is 0 Å². The van der Waals surface area contributed by atoms with E-state index in [1.54, 1.807) is 0 Å². The van der Waals surface area contributed by atoms with Gasteiger partial charge in [-0.25, -0.2) is 0 Å². The highest BCUT2D eigenvalue weighted by molar-refractivity contribution is 6.03. The first-order valence-corrected chi connectivity index (χ1v) is 7.66. The Morgan fingerprint density at radius 3 is 2.67 bits per heavy atom. The number of hydrogen-bond donors (Lipinski definition) is 1. The molecule has 1 heterocycles. The standard InChI is InChI=1S/C15H26N2O4/c1-4-8-21-9-6-16-13(18)5-7-17-14(19)10-12(11(2)3)15(17)20/h11-12H,4-10H2,1-3H3,(H,16,18). The van der Waals surface area contributed by atoms with Crippen LogP contribution in [-0.2, 0) is 19.1 Å². The molecule has 0 saturated carbocycles. The van der Waals surface area contributed by atoms with Crippen molar-refractivity contribution >= 4 is 17.7 Å². The van der Waals surface area contributed by atoms with E-state index in [1.807, 2.05) is 20.8 Å². The SMILES string of the molecule is CCCOCCNC(=O)CCN1C(=O)CC(C(C)C)C1=O. The summed E-state index contributed by atoms with van der Waals surface area (Å²) in [5.41, 5.74) is 0. The van der Waals surface area contributed by atoms with Crippen molar-refractivity contribution in [3.63, 3.8) is 0 Å². The van der Waals surface area contributed by atoms with Gasteiger partial charge in [0.2, 0.25) is 17.7 Å². The number of carbonyl (C=O) groups is 3. The molecule has 0 spiro atoms. The molecule has 0 bridgehead atoms. The second-order valence-electron chi connectivity index (χ2n) is 5.65. The number of rotatable bonds is 9. The van der Waals surface area contributed by atoms with Gasteiger partial charge in [0.1, 0.15) is 0 Å². The average molecular weight is 298 g/mol. The van der Waals surface area contributed by atoms with E-state index >= 15 is 0 Å². The Kier molecular flexibility index (Phi) is 7.36. The predicted molar refractivity (Wildman–Crippen MR) is 78.4 cm³/mol. The van der Waals surface area contributed by atoms with Crippen LogP contribution in [0.2, 0.25) is 0 Å². The zero-order valence-electron chi connectivity index (χ0n) is 13.2. The summed E-state index contributed by atoms with van der Waals surface area (Å²) < 4.78 is 5.25. The normalized spacial score (nSPS) is 18.7. The maximum Gasteiger partial charge on any atom is 0.233 e. The molecule has 1 aliphatic heterocycles. The summed E-state index contributed by atoms with van der Waals surface area (Å²) in [5.74, 6) is -0.561. The molecule has 1 N–H and O–H groups in total. The maximum atomic E-state index is 12.1. The van der Waals surface area contributed by atoms with Gasteiger partial charge in [-0.05, 0) is 12.3 Å². The zero-order valence-corrected chi connectivity index (χ0v) is 13.2. The first-order valence-electron chi connectivity index (χ1n) is 7.66. The number of nitrogens with one attached hydrogen (secondary N) is 1. The minimum atomic E-state index is -0.233. The summed E-state index contributed by atoms with van der Waals surface area (Å²) in [5, 5.41) is 2.72. The fraction of sp³-hybridized carbons (Fsp3) is 0.800. The molecule has 0 aliphatic carbocycles. The fourth-order valence-electron chi connectivity index (χ4n) is 2.28. The molecular formula is C15H26N2O4. The van der Waals surface area contributed by atoms with E-state index in [2.05, 4.69) is 5.32 Å². The van der Waals surface area contributed by atoms with Crippen LogP contribution in [0.3, 0.4) is 0 Å². The second-order valence-corrected chi connectivity index (χ2v) is 5.65. The van der Waals surface area contributed by atoms with E-state index < -0.39 is 0 Å². The van der Waals surface area contributed by atoms with Crippen LogP contribution in [0.15, 0.2) is 0 Å². The Balaban J connectivity index is 2.26. The lowest BCUT2D eigenvalue weighted by Crippen LogP contribution is -2.36. The van der Waals surface area contributed by atoms with E-state index in [9.17, 15) is 14.4 Å². The molecule has 0 aromatic rings. The highest BCUT2D eigenvalue weighted by Gasteiger charge is 2.39.